The molecule has 0 saturated carbocycles. The van der Waals surface area contributed by atoms with E-state index in [1.807, 2.05) is 0 Å². The molecule has 3 heterocycles. The molecule has 0 aliphatic carbocycles. The Bertz CT molecular complexity index is 341. The van der Waals surface area contributed by atoms with Crippen LogP contribution in [0.25, 0.3) is 0 Å². The molecule has 2 bridgehead atoms. The second-order valence-corrected chi connectivity index (χ2v) is 5.44. The normalized spacial score (nSPS) is 32.4. The maximum Gasteiger partial charge on any atom is 0.0208 e. The number of benzene rings is 1. The highest BCUT2D eigenvalue weighted by Crippen LogP contribution is 2.27. The summed E-state index contributed by atoms with van der Waals surface area (Å²) in [6.45, 7) is 4.98. The summed E-state index contributed by atoms with van der Waals surface area (Å²) < 4.78 is 0. The summed E-state index contributed by atoms with van der Waals surface area (Å²) >= 11 is 0. The molecule has 1 N–H and O–H groups in total. The van der Waals surface area contributed by atoms with Crippen LogP contribution in [0.3, 0.4) is 0 Å². The van der Waals surface area contributed by atoms with E-state index in [1.54, 1.807) is 0 Å². The van der Waals surface area contributed by atoms with Crippen LogP contribution in [0.2, 0.25) is 0 Å². The Hall–Kier alpha value is -0.860. The van der Waals surface area contributed by atoms with Crippen LogP contribution in [0, 0.1) is 5.92 Å². The maximum absolute atomic E-state index is 3.78. The van der Waals surface area contributed by atoms with Crippen molar-refractivity contribution in [2.24, 2.45) is 5.92 Å². The smallest absolute Gasteiger partial charge is 0.0208 e. The molecule has 1 aromatic carbocycles. The second-order valence-electron chi connectivity index (χ2n) is 5.44. The largest absolute Gasteiger partial charge is 0.310 e. The number of rotatable bonds is 3. The first kappa shape index (κ1) is 11.2. The Morgan fingerprint density at radius 1 is 1.00 bits per heavy atom. The van der Waals surface area contributed by atoms with Gasteiger partial charge in [-0.2, -0.15) is 0 Å². The standard InChI is InChI=1S/C15H22N2/c1-2-4-13(5-3-1)12-16-15-8-11-17-9-6-14(15)7-10-17/h1-5,14-16H,6-12H2. The van der Waals surface area contributed by atoms with E-state index in [9.17, 15) is 0 Å². The zero-order chi connectivity index (χ0) is 11.5. The summed E-state index contributed by atoms with van der Waals surface area (Å²) in [5.74, 6) is 0.914. The van der Waals surface area contributed by atoms with E-state index in [4.69, 9.17) is 0 Å². The minimum absolute atomic E-state index is 0.739. The van der Waals surface area contributed by atoms with Crippen molar-refractivity contribution in [2.45, 2.75) is 31.8 Å². The fourth-order valence-electron chi connectivity index (χ4n) is 3.25. The van der Waals surface area contributed by atoms with Gasteiger partial charge in [0.05, 0.1) is 0 Å². The second kappa shape index (κ2) is 5.19. The molecular weight excluding hydrogens is 208 g/mol. The highest BCUT2D eigenvalue weighted by Gasteiger charge is 2.30. The van der Waals surface area contributed by atoms with Crippen LogP contribution in [-0.4, -0.2) is 30.6 Å². The molecule has 2 heteroatoms. The molecule has 0 aromatic heterocycles. The first-order chi connectivity index (χ1) is 8.42. The summed E-state index contributed by atoms with van der Waals surface area (Å²) in [7, 11) is 0. The lowest BCUT2D eigenvalue weighted by atomic mass is 9.90. The maximum atomic E-state index is 3.78. The monoisotopic (exact) mass is 230 g/mol. The van der Waals surface area contributed by atoms with Crippen molar-refractivity contribution in [3.63, 3.8) is 0 Å². The van der Waals surface area contributed by atoms with Crippen LogP contribution in [0.1, 0.15) is 24.8 Å². The molecule has 3 fully saturated rings. The van der Waals surface area contributed by atoms with Crippen molar-refractivity contribution in [1.29, 1.82) is 0 Å². The Kier molecular flexibility index (Phi) is 3.44. The summed E-state index contributed by atoms with van der Waals surface area (Å²) in [6, 6.07) is 11.5. The number of nitrogens with one attached hydrogen (secondary N) is 1. The van der Waals surface area contributed by atoms with Gasteiger partial charge in [0.1, 0.15) is 0 Å². The van der Waals surface area contributed by atoms with Crippen LogP contribution < -0.4 is 5.32 Å². The van der Waals surface area contributed by atoms with Gasteiger partial charge in [0.2, 0.25) is 0 Å². The summed E-state index contributed by atoms with van der Waals surface area (Å²) in [5, 5.41) is 3.78. The van der Waals surface area contributed by atoms with Gasteiger partial charge in [-0.1, -0.05) is 30.3 Å². The Morgan fingerprint density at radius 3 is 2.47 bits per heavy atom. The van der Waals surface area contributed by atoms with Crippen molar-refractivity contribution in [3.8, 4) is 0 Å². The van der Waals surface area contributed by atoms with Gasteiger partial charge < -0.3 is 10.2 Å². The third kappa shape index (κ3) is 2.70. The fourth-order valence-corrected chi connectivity index (χ4v) is 3.25. The van der Waals surface area contributed by atoms with Crippen molar-refractivity contribution >= 4 is 0 Å². The van der Waals surface area contributed by atoms with E-state index in [0.29, 0.717) is 0 Å². The van der Waals surface area contributed by atoms with Crippen LogP contribution in [0.5, 0.6) is 0 Å². The van der Waals surface area contributed by atoms with E-state index >= 15 is 0 Å². The van der Waals surface area contributed by atoms with Crippen molar-refractivity contribution < 1.29 is 0 Å². The molecule has 17 heavy (non-hydrogen) atoms. The number of hydrogen-bond donors (Lipinski definition) is 1. The fraction of sp³-hybridized carbons (Fsp3) is 0.600. The number of nitrogens with zero attached hydrogens (tertiary/aromatic N) is 1. The molecule has 0 radical (unpaired) electrons. The van der Waals surface area contributed by atoms with Crippen molar-refractivity contribution in [1.82, 2.24) is 10.2 Å². The molecule has 3 saturated heterocycles. The molecule has 1 unspecified atom stereocenters. The number of piperidine rings is 1. The molecule has 4 rings (SSSR count). The summed E-state index contributed by atoms with van der Waals surface area (Å²) in [6.07, 6.45) is 4.12. The first-order valence-corrected chi connectivity index (χ1v) is 6.91. The molecule has 0 spiro atoms. The average molecular weight is 230 g/mol. The zero-order valence-electron chi connectivity index (χ0n) is 10.4. The number of fused-ring (bicyclic) bond motifs is 4. The lowest BCUT2D eigenvalue weighted by molar-refractivity contribution is 0.215. The average Bonchev–Trinajstić information content (AvgIpc) is 2.71. The molecule has 1 aromatic rings. The van der Waals surface area contributed by atoms with Gasteiger partial charge in [0, 0.05) is 12.6 Å². The predicted octanol–water partition coefficient (Wildman–Crippen LogP) is 2.26. The van der Waals surface area contributed by atoms with Crippen molar-refractivity contribution in [2.75, 3.05) is 19.6 Å². The summed E-state index contributed by atoms with van der Waals surface area (Å²) in [4.78, 5) is 2.63. The summed E-state index contributed by atoms with van der Waals surface area (Å²) in [5.41, 5.74) is 1.41. The predicted molar refractivity (Wildman–Crippen MR) is 70.9 cm³/mol. The minimum Gasteiger partial charge on any atom is -0.310 e. The van der Waals surface area contributed by atoms with Crippen molar-refractivity contribution in [3.05, 3.63) is 35.9 Å². The minimum atomic E-state index is 0.739. The Balaban J connectivity index is 1.58. The third-order valence-electron chi connectivity index (χ3n) is 4.37. The molecule has 1 atom stereocenters. The first-order valence-electron chi connectivity index (χ1n) is 6.91. The lowest BCUT2D eigenvalue weighted by Crippen LogP contribution is -2.37. The van der Waals surface area contributed by atoms with Gasteiger partial charge in [-0.15, -0.1) is 0 Å². The van der Waals surface area contributed by atoms with Gasteiger partial charge in [0.15, 0.2) is 0 Å². The molecule has 0 amide bonds. The lowest BCUT2D eigenvalue weighted by Gasteiger charge is -2.29. The highest BCUT2D eigenvalue weighted by atomic mass is 15.1. The van der Waals surface area contributed by atoms with E-state index < -0.39 is 0 Å². The van der Waals surface area contributed by atoms with Gasteiger partial charge in [-0.3, -0.25) is 0 Å². The topological polar surface area (TPSA) is 15.3 Å². The van der Waals surface area contributed by atoms with Gasteiger partial charge in [-0.25, -0.2) is 0 Å². The third-order valence-corrected chi connectivity index (χ3v) is 4.37. The quantitative estimate of drug-likeness (QED) is 0.857. The zero-order valence-corrected chi connectivity index (χ0v) is 10.4. The molecule has 3 aliphatic heterocycles. The van der Waals surface area contributed by atoms with Crippen LogP contribution in [0.15, 0.2) is 30.3 Å². The van der Waals surface area contributed by atoms with E-state index in [1.165, 1.54) is 44.5 Å². The van der Waals surface area contributed by atoms with Crippen LogP contribution in [-0.2, 0) is 6.54 Å². The van der Waals surface area contributed by atoms with Crippen LogP contribution >= 0.6 is 0 Å². The van der Waals surface area contributed by atoms with E-state index in [2.05, 4.69) is 40.5 Å². The van der Waals surface area contributed by atoms with Gasteiger partial charge >= 0.3 is 0 Å². The Labute approximate surface area is 104 Å². The van der Waals surface area contributed by atoms with E-state index in [-0.39, 0.29) is 0 Å². The number of hydrogen-bond acceptors (Lipinski definition) is 2. The highest BCUT2D eigenvalue weighted by molar-refractivity contribution is 5.14. The van der Waals surface area contributed by atoms with Gasteiger partial charge in [-0.05, 0) is 50.4 Å². The molecule has 3 aliphatic rings. The molecule has 92 valence electrons. The van der Waals surface area contributed by atoms with Gasteiger partial charge in [0.25, 0.3) is 0 Å². The molecular formula is C15H22N2. The molecule has 2 nitrogen and oxygen atoms in total. The van der Waals surface area contributed by atoms with Crippen LogP contribution in [0.4, 0.5) is 0 Å². The Morgan fingerprint density at radius 2 is 1.71 bits per heavy atom. The van der Waals surface area contributed by atoms with E-state index in [0.717, 1.165) is 18.5 Å². The SMILES string of the molecule is c1ccc(CNC2CCN3CCC2CC3)cc1.